The Balaban J connectivity index is 2.40. The van der Waals surface area contributed by atoms with Crippen molar-refractivity contribution in [2.45, 2.75) is 13.0 Å². The lowest BCUT2D eigenvalue weighted by molar-refractivity contribution is 0.0943. The van der Waals surface area contributed by atoms with Crippen LogP contribution in [0.2, 0.25) is 0 Å². The lowest BCUT2D eigenvalue weighted by Crippen LogP contribution is -2.49. The molecule has 0 fully saturated rings. The maximum atomic E-state index is 11.8. The molecule has 8 heteroatoms. The monoisotopic (exact) mass is 346 g/mol. The van der Waals surface area contributed by atoms with Crippen LogP contribution in [0.3, 0.4) is 0 Å². The number of carbonyl (C=O) groups excluding carboxylic acids is 1. The molecule has 0 unspecified atom stereocenters. The molecule has 19 heavy (non-hydrogen) atoms. The van der Waals surface area contributed by atoms with Gasteiger partial charge < -0.3 is 10.1 Å². The van der Waals surface area contributed by atoms with E-state index in [2.05, 4.69) is 37.1 Å². The molecule has 0 aliphatic heterocycles. The lowest BCUT2D eigenvalue weighted by atomic mass is 10.3. The van der Waals surface area contributed by atoms with Crippen LogP contribution in [0.15, 0.2) is 22.9 Å². The van der Waals surface area contributed by atoms with Gasteiger partial charge in [-0.15, -0.1) is 0 Å². The van der Waals surface area contributed by atoms with Crippen LogP contribution in [0.4, 0.5) is 0 Å². The van der Waals surface area contributed by atoms with Crippen molar-refractivity contribution in [2.75, 3.05) is 13.7 Å². The van der Waals surface area contributed by atoms with Crippen LogP contribution in [-0.4, -0.2) is 35.8 Å². The normalized spacial score (nSPS) is 11.5. The first-order chi connectivity index (χ1) is 9.02. The zero-order valence-electron chi connectivity index (χ0n) is 10.6. The highest BCUT2D eigenvalue weighted by atomic mass is 79.9. The largest absolute Gasteiger partial charge is 0.383 e. The van der Waals surface area contributed by atoms with E-state index in [1.54, 1.807) is 19.4 Å². The average molecular weight is 347 g/mol. The van der Waals surface area contributed by atoms with Crippen LogP contribution in [0.5, 0.6) is 0 Å². The van der Waals surface area contributed by atoms with Gasteiger partial charge in [0, 0.05) is 30.0 Å². The highest BCUT2D eigenvalue weighted by Crippen LogP contribution is 2.08. The summed E-state index contributed by atoms with van der Waals surface area (Å²) in [6.07, 6.45) is 3.06. The van der Waals surface area contributed by atoms with Gasteiger partial charge >= 0.3 is 0 Å². The molecule has 104 valence electrons. The molecular weight excluding hydrogens is 332 g/mol. The number of aromatic nitrogens is 1. The van der Waals surface area contributed by atoms with Gasteiger partial charge in [-0.25, -0.2) is 0 Å². The molecule has 0 saturated heterocycles. The molecule has 1 aromatic rings. The SMILES string of the molecule is COC[C@H](C)NC(=S)NNC(=O)c1cncc(Br)c1. The third-order valence-electron chi connectivity index (χ3n) is 2.05. The minimum Gasteiger partial charge on any atom is -0.383 e. The van der Waals surface area contributed by atoms with Crippen molar-refractivity contribution in [3.63, 3.8) is 0 Å². The summed E-state index contributed by atoms with van der Waals surface area (Å²) in [5.41, 5.74) is 5.52. The highest BCUT2D eigenvalue weighted by Gasteiger charge is 2.08. The first-order valence-corrected chi connectivity index (χ1v) is 6.69. The molecule has 0 bridgehead atoms. The van der Waals surface area contributed by atoms with Crippen molar-refractivity contribution < 1.29 is 9.53 Å². The number of pyridine rings is 1. The summed E-state index contributed by atoms with van der Waals surface area (Å²) in [6.45, 7) is 2.43. The van der Waals surface area contributed by atoms with Crippen molar-refractivity contribution in [1.29, 1.82) is 0 Å². The second kappa shape index (κ2) is 8.03. The van der Waals surface area contributed by atoms with Crippen LogP contribution in [0.1, 0.15) is 17.3 Å². The minimum absolute atomic E-state index is 0.0504. The Labute approximate surface area is 125 Å². The maximum absolute atomic E-state index is 11.8. The molecule has 3 N–H and O–H groups in total. The van der Waals surface area contributed by atoms with Gasteiger partial charge in [-0.05, 0) is 41.1 Å². The van der Waals surface area contributed by atoms with Crippen LogP contribution in [0, 0.1) is 0 Å². The zero-order valence-corrected chi connectivity index (χ0v) is 13.0. The molecule has 6 nitrogen and oxygen atoms in total. The van der Waals surface area contributed by atoms with Crippen molar-refractivity contribution in [3.05, 3.63) is 28.5 Å². The number of methoxy groups -OCH3 is 1. The molecule has 0 aliphatic carbocycles. The third kappa shape index (κ3) is 5.95. The van der Waals surface area contributed by atoms with Gasteiger partial charge in [-0.1, -0.05) is 0 Å². The van der Waals surface area contributed by atoms with Crippen molar-refractivity contribution in [2.24, 2.45) is 0 Å². The third-order valence-corrected chi connectivity index (χ3v) is 2.70. The molecule has 1 aromatic heterocycles. The zero-order chi connectivity index (χ0) is 14.3. The van der Waals surface area contributed by atoms with E-state index in [-0.39, 0.29) is 11.9 Å². The van der Waals surface area contributed by atoms with Crippen LogP contribution >= 0.6 is 28.1 Å². The van der Waals surface area contributed by atoms with E-state index in [1.807, 2.05) is 6.92 Å². The predicted molar refractivity (Wildman–Crippen MR) is 79.6 cm³/mol. The Morgan fingerprint density at radius 2 is 2.26 bits per heavy atom. The summed E-state index contributed by atoms with van der Waals surface area (Å²) in [6, 6.07) is 1.71. The number of ether oxygens (including phenoxy) is 1. The second-order valence-electron chi connectivity index (χ2n) is 3.80. The van der Waals surface area contributed by atoms with E-state index in [0.29, 0.717) is 17.3 Å². The quantitative estimate of drug-likeness (QED) is 0.557. The van der Waals surface area contributed by atoms with E-state index in [4.69, 9.17) is 17.0 Å². The van der Waals surface area contributed by atoms with Gasteiger partial charge in [0.2, 0.25) is 0 Å². The number of halogens is 1. The fourth-order valence-electron chi connectivity index (χ4n) is 1.27. The Morgan fingerprint density at radius 1 is 1.53 bits per heavy atom. The number of amides is 1. The number of thiocarbonyl (C=S) groups is 1. The van der Waals surface area contributed by atoms with Gasteiger partial charge in [0.05, 0.1) is 12.2 Å². The number of carbonyl (C=O) groups is 1. The molecule has 0 aliphatic rings. The fourth-order valence-corrected chi connectivity index (χ4v) is 1.89. The summed E-state index contributed by atoms with van der Waals surface area (Å²) in [7, 11) is 1.61. The lowest BCUT2D eigenvalue weighted by Gasteiger charge is -2.16. The molecule has 1 amide bonds. The van der Waals surface area contributed by atoms with Gasteiger partial charge in [0.15, 0.2) is 5.11 Å². The Morgan fingerprint density at radius 3 is 2.89 bits per heavy atom. The summed E-state index contributed by atoms with van der Waals surface area (Å²) in [4.78, 5) is 15.7. The molecule has 1 atom stereocenters. The first kappa shape index (κ1) is 15.8. The van der Waals surface area contributed by atoms with Crippen molar-refractivity contribution in [3.8, 4) is 0 Å². The second-order valence-corrected chi connectivity index (χ2v) is 5.12. The molecule has 0 radical (unpaired) electrons. The van der Waals surface area contributed by atoms with E-state index in [0.717, 1.165) is 4.47 Å². The number of nitrogens with one attached hydrogen (secondary N) is 3. The Kier molecular flexibility index (Phi) is 6.68. The number of hydrogen-bond acceptors (Lipinski definition) is 4. The van der Waals surface area contributed by atoms with Crippen molar-refractivity contribution in [1.82, 2.24) is 21.2 Å². The molecule has 1 rings (SSSR count). The molecule has 0 aromatic carbocycles. The van der Waals surface area contributed by atoms with Crippen LogP contribution < -0.4 is 16.2 Å². The summed E-state index contributed by atoms with van der Waals surface area (Å²) in [5.74, 6) is -0.322. The van der Waals surface area contributed by atoms with E-state index >= 15 is 0 Å². The van der Waals surface area contributed by atoms with Gasteiger partial charge in [0.1, 0.15) is 0 Å². The predicted octanol–water partition coefficient (Wildman–Crippen LogP) is 0.988. The topological polar surface area (TPSA) is 75.3 Å². The van der Waals surface area contributed by atoms with Crippen LogP contribution in [-0.2, 0) is 4.74 Å². The fraction of sp³-hybridized carbons (Fsp3) is 0.364. The molecule has 0 spiro atoms. The first-order valence-electron chi connectivity index (χ1n) is 5.49. The van der Waals surface area contributed by atoms with E-state index in [1.165, 1.54) is 6.20 Å². The van der Waals surface area contributed by atoms with Gasteiger partial charge in [-0.2, -0.15) is 0 Å². The van der Waals surface area contributed by atoms with E-state index < -0.39 is 0 Å². The summed E-state index contributed by atoms with van der Waals surface area (Å²) >= 11 is 8.27. The van der Waals surface area contributed by atoms with Crippen LogP contribution in [0.25, 0.3) is 0 Å². The smallest absolute Gasteiger partial charge is 0.271 e. The number of hydrogen-bond donors (Lipinski definition) is 3. The summed E-state index contributed by atoms with van der Waals surface area (Å²) in [5, 5.41) is 3.27. The molecular formula is C11H15BrN4O2S. The van der Waals surface area contributed by atoms with Crippen molar-refractivity contribution >= 4 is 39.2 Å². The average Bonchev–Trinajstić information content (AvgIpc) is 2.36. The van der Waals surface area contributed by atoms with Gasteiger partial charge in [0.25, 0.3) is 5.91 Å². The summed E-state index contributed by atoms with van der Waals surface area (Å²) < 4.78 is 5.69. The standard InChI is InChI=1S/C11H15BrN4O2S/c1-7(6-18-2)14-11(19)16-15-10(17)8-3-9(12)5-13-4-8/h3-5,7H,6H2,1-2H3,(H,15,17)(H2,14,16,19)/t7-/m0/s1. The Bertz CT molecular complexity index is 458. The number of hydrazine groups is 1. The molecule has 0 saturated carbocycles. The number of rotatable bonds is 4. The van der Waals surface area contributed by atoms with E-state index in [9.17, 15) is 4.79 Å². The Hall–Kier alpha value is -1.25. The number of nitrogens with zero attached hydrogens (tertiary/aromatic N) is 1. The molecule has 1 heterocycles. The van der Waals surface area contributed by atoms with Gasteiger partial charge in [-0.3, -0.25) is 20.6 Å². The maximum Gasteiger partial charge on any atom is 0.271 e. The minimum atomic E-state index is -0.322. The highest BCUT2D eigenvalue weighted by molar-refractivity contribution is 9.10.